The summed E-state index contributed by atoms with van der Waals surface area (Å²) in [4.78, 5) is 11.8. The Bertz CT molecular complexity index is 251. The van der Waals surface area contributed by atoms with Crippen molar-refractivity contribution >= 4 is 18.3 Å². The summed E-state index contributed by atoms with van der Waals surface area (Å²) in [5, 5.41) is 6.31. The molecule has 1 amide bonds. The van der Waals surface area contributed by atoms with Gasteiger partial charge in [0.2, 0.25) is 5.91 Å². The first-order valence-electron chi connectivity index (χ1n) is 5.88. The number of carbonyl (C=O) groups excluding carboxylic acids is 1. The van der Waals surface area contributed by atoms with E-state index >= 15 is 0 Å². The van der Waals surface area contributed by atoms with Gasteiger partial charge in [0.15, 0.2) is 0 Å². The third-order valence-corrected chi connectivity index (χ3v) is 3.09. The summed E-state index contributed by atoms with van der Waals surface area (Å²) in [5.74, 6) is 0.0796. The Labute approximate surface area is 108 Å². The van der Waals surface area contributed by atoms with E-state index in [0.717, 1.165) is 26.2 Å². The summed E-state index contributed by atoms with van der Waals surface area (Å²) in [7, 11) is 0. The minimum Gasteiger partial charge on any atom is -0.379 e. The number of hydrogen-bond acceptors (Lipinski definition) is 4. The monoisotopic (exact) mass is 264 g/mol. The molecule has 0 aliphatic carbocycles. The zero-order valence-electron chi connectivity index (χ0n) is 10.2. The third kappa shape index (κ3) is 4.43. The van der Waals surface area contributed by atoms with Gasteiger partial charge in [-0.2, -0.15) is 0 Å². The maximum absolute atomic E-state index is 11.8. The highest BCUT2D eigenvalue weighted by Gasteiger charge is 2.31. The maximum Gasteiger partial charge on any atom is 0.222 e. The summed E-state index contributed by atoms with van der Waals surface area (Å²) in [6.07, 6.45) is 1.38. The molecule has 0 bridgehead atoms. The molecule has 2 N–H and O–H groups in total. The van der Waals surface area contributed by atoms with Crippen LogP contribution in [0.1, 0.15) is 19.8 Å². The smallest absolute Gasteiger partial charge is 0.222 e. The van der Waals surface area contributed by atoms with Crippen LogP contribution in [0, 0.1) is 0 Å². The number of rotatable bonds is 3. The molecule has 100 valence electrons. The first kappa shape index (κ1) is 14.7. The van der Waals surface area contributed by atoms with Crippen LogP contribution in [0.25, 0.3) is 0 Å². The number of hydrogen-bond donors (Lipinski definition) is 2. The summed E-state index contributed by atoms with van der Waals surface area (Å²) in [6.45, 7) is 5.58. The molecule has 17 heavy (non-hydrogen) atoms. The first-order valence-corrected chi connectivity index (χ1v) is 5.88. The van der Waals surface area contributed by atoms with E-state index in [-0.39, 0.29) is 29.9 Å². The van der Waals surface area contributed by atoms with Gasteiger partial charge in [0, 0.05) is 25.6 Å². The fraction of sp³-hybridized carbons (Fsp3) is 0.909. The summed E-state index contributed by atoms with van der Waals surface area (Å²) >= 11 is 0. The lowest BCUT2D eigenvalue weighted by Gasteiger charge is -2.27. The van der Waals surface area contributed by atoms with Crippen molar-refractivity contribution in [3.8, 4) is 0 Å². The Morgan fingerprint density at radius 2 is 2.29 bits per heavy atom. The Kier molecular flexibility index (Phi) is 5.66. The minimum atomic E-state index is -0.174. The lowest BCUT2D eigenvalue weighted by Crippen LogP contribution is -2.50. The van der Waals surface area contributed by atoms with E-state index in [1.54, 1.807) is 0 Å². The normalized spacial score (nSPS) is 32.9. The van der Waals surface area contributed by atoms with Crippen LogP contribution in [0.15, 0.2) is 0 Å². The molecule has 2 aliphatic rings. The molecule has 2 aliphatic heterocycles. The van der Waals surface area contributed by atoms with E-state index in [2.05, 4.69) is 10.6 Å². The lowest BCUT2D eigenvalue weighted by atomic mass is 10.0. The lowest BCUT2D eigenvalue weighted by molar-refractivity contribution is -0.124. The van der Waals surface area contributed by atoms with Gasteiger partial charge in [-0.1, -0.05) is 0 Å². The number of morpholine rings is 1. The first-order chi connectivity index (χ1) is 7.68. The van der Waals surface area contributed by atoms with E-state index in [1.165, 1.54) is 0 Å². The third-order valence-electron chi connectivity index (χ3n) is 3.09. The number of halogens is 1. The Morgan fingerprint density at radius 1 is 1.47 bits per heavy atom. The van der Waals surface area contributed by atoms with Gasteiger partial charge >= 0.3 is 0 Å². The fourth-order valence-corrected chi connectivity index (χ4v) is 2.13. The molecule has 2 atom stereocenters. The van der Waals surface area contributed by atoms with Crippen molar-refractivity contribution in [1.29, 1.82) is 0 Å². The van der Waals surface area contributed by atoms with Crippen LogP contribution in [0.5, 0.6) is 0 Å². The second-order valence-electron chi connectivity index (χ2n) is 4.84. The molecule has 2 fully saturated rings. The molecule has 0 aromatic carbocycles. The fourth-order valence-electron chi connectivity index (χ4n) is 2.13. The minimum absolute atomic E-state index is 0. The zero-order chi connectivity index (χ0) is 11.4. The van der Waals surface area contributed by atoms with E-state index in [1.807, 2.05) is 6.92 Å². The summed E-state index contributed by atoms with van der Waals surface area (Å²) < 4.78 is 10.6. The number of ether oxygens (including phenoxy) is 2. The molecule has 6 heteroatoms. The van der Waals surface area contributed by atoms with Gasteiger partial charge in [-0.3, -0.25) is 4.79 Å². The van der Waals surface area contributed by atoms with Gasteiger partial charge in [-0.25, -0.2) is 0 Å². The number of amides is 1. The van der Waals surface area contributed by atoms with E-state index < -0.39 is 0 Å². The Morgan fingerprint density at radius 3 is 2.88 bits per heavy atom. The molecule has 2 unspecified atom stereocenters. The Hall–Kier alpha value is -0.360. The van der Waals surface area contributed by atoms with Crippen molar-refractivity contribution in [2.45, 2.75) is 31.3 Å². The average molecular weight is 265 g/mol. The molecular weight excluding hydrogens is 244 g/mol. The van der Waals surface area contributed by atoms with Crippen molar-refractivity contribution in [3.05, 3.63) is 0 Å². The second-order valence-corrected chi connectivity index (χ2v) is 4.84. The van der Waals surface area contributed by atoms with Crippen molar-refractivity contribution in [1.82, 2.24) is 10.6 Å². The topological polar surface area (TPSA) is 59.6 Å². The van der Waals surface area contributed by atoms with Crippen LogP contribution in [0.4, 0.5) is 0 Å². The molecule has 0 aromatic heterocycles. The highest BCUT2D eigenvalue weighted by molar-refractivity contribution is 5.85. The van der Waals surface area contributed by atoms with Crippen LogP contribution < -0.4 is 10.6 Å². The van der Waals surface area contributed by atoms with Gasteiger partial charge in [-0.15, -0.1) is 12.4 Å². The van der Waals surface area contributed by atoms with E-state index in [0.29, 0.717) is 19.6 Å². The van der Waals surface area contributed by atoms with Gasteiger partial charge in [0.05, 0.1) is 25.4 Å². The number of nitrogens with one attached hydrogen (secondary N) is 2. The predicted octanol–water partition coefficient (Wildman–Crippen LogP) is 0.0819. The molecule has 2 saturated heterocycles. The molecule has 2 heterocycles. The summed E-state index contributed by atoms with van der Waals surface area (Å²) in [5.41, 5.74) is -0.174. The van der Waals surface area contributed by atoms with Crippen LogP contribution in [0.3, 0.4) is 0 Å². The summed E-state index contributed by atoms with van der Waals surface area (Å²) in [6, 6.07) is 0.152. The number of carbonyl (C=O) groups is 1. The van der Waals surface area contributed by atoms with Gasteiger partial charge in [0.1, 0.15) is 0 Å². The van der Waals surface area contributed by atoms with Crippen LogP contribution >= 0.6 is 12.4 Å². The van der Waals surface area contributed by atoms with E-state index in [4.69, 9.17) is 9.47 Å². The largest absolute Gasteiger partial charge is 0.379 e. The SMILES string of the molecule is CC1(NC(=O)CC2COCCN2)CCOC1.Cl. The van der Waals surface area contributed by atoms with Crippen LogP contribution in [-0.4, -0.2) is 50.5 Å². The van der Waals surface area contributed by atoms with Crippen molar-refractivity contribution in [2.75, 3.05) is 33.0 Å². The maximum atomic E-state index is 11.8. The molecule has 0 saturated carbocycles. The zero-order valence-corrected chi connectivity index (χ0v) is 11.0. The Balaban J connectivity index is 0.00000144. The quantitative estimate of drug-likeness (QED) is 0.758. The van der Waals surface area contributed by atoms with Crippen molar-refractivity contribution in [3.63, 3.8) is 0 Å². The molecule has 2 rings (SSSR count). The molecule has 0 radical (unpaired) electrons. The van der Waals surface area contributed by atoms with E-state index in [9.17, 15) is 4.79 Å². The predicted molar refractivity (Wildman–Crippen MR) is 66.5 cm³/mol. The van der Waals surface area contributed by atoms with Gasteiger partial charge in [0.25, 0.3) is 0 Å². The highest BCUT2D eigenvalue weighted by atomic mass is 35.5. The molecule has 0 aromatic rings. The van der Waals surface area contributed by atoms with Crippen molar-refractivity contribution < 1.29 is 14.3 Å². The van der Waals surface area contributed by atoms with Gasteiger partial charge in [-0.05, 0) is 13.3 Å². The molecule has 5 nitrogen and oxygen atoms in total. The second kappa shape index (κ2) is 6.54. The highest BCUT2D eigenvalue weighted by Crippen LogP contribution is 2.17. The average Bonchev–Trinajstić information content (AvgIpc) is 2.66. The van der Waals surface area contributed by atoms with Crippen molar-refractivity contribution in [2.24, 2.45) is 0 Å². The van der Waals surface area contributed by atoms with Crippen LogP contribution in [-0.2, 0) is 14.3 Å². The van der Waals surface area contributed by atoms with Gasteiger partial charge < -0.3 is 20.1 Å². The van der Waals surface area contributed by atoms with Crippen LogP contribution in [0.2, 0.25) is 0 Å². The molecular formula is C11H21ClN2O3. The standard InChI is InChI=1S/C11H20N2O3.ClH/c1-11(2-4-16-8-11)13-10(14)6-9-7-15-5-3-12-9;/h9,12H,2-8H2,1H3,(H,13,14);1H. The molecule has 0 spiro atoms.